The molecule has 4 N–H and O–H groups in total. The largest absolute Gasteiger partial charge is 0.450 e. The van der Waals surface area contributed by atoms with E-state index in [1.54, 1.807) is 38.1 Å². The summed E-state index contributed by atoms with van der Waals surface area (Å²) < 4.78 is 9.39. The van der Waals surface area contributed by atoms with Crippen LogP contribution in [0.5, 0.6) is 0 Å². The predicted octanol–water partition coefficient (Wildman–Crippen LogP) is 3.49. The topological polar surface area (TPSA) is 117 Å². The molecule has 0 aliphatic heterocycles. The summed E-state index contributed by atoms with van der Waals surface area (Å²) in [5, 5.41) is 21.3. The van der Waals surface area contributed by atoms with Crippen LogP contribution in [-0.4, -0.2) is 48.8 Å². The SMILES string of the molecule is CCOC(=O)Nc1ccccc1.CCOC(=O)Nc1ccccc1.OCC#CC#CCO. The lowest BCUT2D eigenvalue weighted by Gasteiger charge is -2.03. The highest BCUT2D eigenvalue weighted by atomic mass is 16.6. The van der Waals surface area contributed by atoms with Crippen LogP contribution < -0.4 is 10.6 Å². The maximum Gasteiger partial charge on any atom is 0.411 e. The van der Waals surface area contributed by atoms with Crippen molar-refractivity contribution in [2.24, 2.45) is 0 Å². The van der Waals surface area contributed by atoms with E-state index < -0.39 is 12.2 Å². The highest BCUT2D eigenvalue weighted by Gasteiger charge is 1.99. The number of aliphatic hydroxyl groups is 2. The van der Waals surface area contributed by atoms with Gasteiger partial charge in [0.25, 0.3) is 0 Å². The second kappa shape index (κ2) is 20.3. The predicted molar refractivity (Wildman–Crippen MR) is 124 cm³/mol. The second-order valence-corrected chi connectivity index (χ2v) is 5.34. The summed E-state index contributed by atoms with van der Waals surface area (Å²) in [4.78, 5) is 21.8. The number of carbonyl (C=O) groups excluding carboxylic acids is 2. The molecule has 0 atom stereocenters. The van der Waals surface area contributed by atoms with E-state index in [1.807, 2.05) is 36.4 Å². The summed E-state index contributed by atoms with van der Waals surface area (Å²) in [5.74, 6) is 9.24. The van der Waals surface area contributed by atoms with Crippen molar-refractivity contribution in [3.8, 4) is 23.7 Å². The zero-order valence-corrected chi connectivity index (χ0v) is 18.1. The van der Waals surface area contributed by atoms with Crippen LogP contribution in [0.3, 0.4) is 0 Å². The molecule has 0 heterocycles. The van der Waals surface area contributed by atoms with E-state index in [9.17, 15) is 9.59 Å². The van der Waals surface area contributed by atoms with Crippen molar-refractivity contribution in [1.82, 2.24) is 0 Å². The first-order valence-corrected chi connectivity index (χ1v) is 9.72. The van der Waals surface area contributed by atoms with E-state index in [0.29, 0.717) is 13.2 Å². The Bertz CT molecular complexity index is 805. The third kappa shape index (κ3) is 16.9. The van der Waals surface area contributed by atoms with Crippen LogP contribution in [0.25, 0.3) is 0 Å². The first-order chi connectivity index (χ1) is 15.6. The summed E-state index contributed by atoms with van der Waals surface area (Å²) in [6, 6.07) is 18.4. The average Bonchev–Trinajstić information content (AvgIpc) is 2.79. The fourth-order valence-electron chi connectivity index (χ4n) is 1.78. The lowest BCUT2D eigenvalue weighted by molar-refractivity contribution is 0.167. The minimum atomic E-state index is -0.413. The zero-order valence-electron chi connectivity index (χ0n) is 18.1. The zero-order chi connectivity index (χ0) is 23.9. The first kappa shape index (κ1) is 28.0. The number of nitrogens with one attached hydrogen (secondary N) is 2. The monoisotopic (exact) mass is 440 g/mol. The fraction of sp³-hybridized carbons (Fsp3) is 0.250. The molecule has 8 heteroatoms. The summed E-state index contributed by atoms with van der Waals surface area (Å²) in [6.07, 6.45) is -0.826. The van der Waals surface area contributed by atoms with E-state index in [1.165, 1.54) is 0 Å². The van der Waals surface area contributed by atoms with Crippen LogP contribution in [-0.2, 0) is 9.47 Å². The quantitative estimate of drug-likeness (QED) is 0.541. The van der Waals surface area contributed by atoms with Crippen molar-refractivity contribution in [2.75, 3.05) is 37.1 Å². The molecule has 0 aliphatic rings. The van der Waals surface area contributed by atoms with E-state index in [2.05, 4.69) is 34.3 Å². The van der Waals surface area contributed by atoms with Gasteiger partial charge >= 0.3 is 12.2 Å². The number of carbonyl (C=O) groups is 2. The van der Waals surface area contributed by atoms with Crippen LogP contribution in [0, 0.1) is 23.7 Å². The van der Waals surface area contributed by atoms with E-state index in [-0.39, 0.29) is 13.2 Å². The minimum Gasteiger partial charge on any atom is -0.450 e. The number of aliphatic hydroxyl groups excluding tert-OH is 2. The molecular weight excluding hydrogens is 412 g/mol. The molecule has 32 heavy (non-hydrogen) atoms. The Hall–Kier alpha value is -3.98. The van der Waals surface area contributed by atoms with Crippen molar-refractivity contribution in [3.63, 3.8) is 0 Å². The van der Waals surface area contributed by atoms with Gasteiger partial charge in [-0.05, 0) is 50.0 Å². The van der Waals surface area contributed by atoms with Crippen LogP contribution in [0.15, 0.2) is 60.7 Å². The maximum absolute atomic E-state index is 10.9. The smallest absolute Gasteiger partial charge is 0.411 e. The van der Waals surface area contributed by atoms with E-state index in [0.717, 1.165) is 11.4 Å². The molecule has 0 radical (unpaired) electrons. The molecule has 2 aromatic carbocycles. The fourth-order valence-corrected chi connectivity index (χ4v) is 1.78. The Labute approximate surface area is 188 Å². The average molecular weight is 440 g/mol. The number of benzene rings is 2. The van der Waals surface area contributed by atoms with Crippen molar-refractivity contribution in [1.29, 1.82) is 0 Å². The van der Waals surface area contributed by atoms with Crippen molar-refractivity contribution in [2.45, 2.75) is 13.8 Å². The molecule has 2 amide bonds. The van der Waals surface area contributed by atoms with E-state index in [4.69, 9.17) is 19.7 Å². The number of ether oxygens (including phenoxy) is 2. The lowest BCUT2D eigenvalue weighted by atomic mass is 10.3. The minimum absolute atomic E-state index is 0.180. The first-order valence-electron chi connectivity index (χ1n) is 9.72. The molecule has 0 saturated heterocycles. The Morgan fingerprint density at radius 1 is 0.719 bits per heavy atom. The maximum atomic E-state index is 10.9. The molecule has 0 bridgehead atoms. The molecule has 0 saturated carbocycles. The lowest BCUT2D eigenvalue weighted by Crippen LogP contribution is -2.12. The number of rotatable bonds is 4. The number of amides is 2. The normalized spacial score (nSPS) is 8.25. The van der Waals surface area contributed by atoms with E-state index >= 15 is 0 Å². The van der Waals surface area contributed by atoms with Gasteiger partial charge in [-0.2, -0.15) is 0 Å². The van der Waals surface area contributed by atoms with Crippen molar-refractivity contribution in [3.05, 3.63) is 60.7 Å². The van der Waals surface area contributed by atoms with Crippen molar-refractivity contribution >= 4 is 23.6 Å². The summed E-state index contributed by atoms with van der Waals surface area (Å²) >= 11 is 0. The third-order valence-electron chi connectivity index (χ3n) is 2.99. The van der Waals surface area contributed by atoms with Gasteiger partial charge < -0.3 is 19.7 Å². The van der Waals surface area contributed by atoms with Gasteiger partial charge in [0.05, 0.1) is 13.2 Å². The van der Waals surface area contributed by atoms with Gasteiger partial charge in [0.1, 0.15) is 13.2 Å². The Balaban J connectivity index is 0.000000462. The molecular formula is C24H28N2O6. The number of hydrogen-bond donors (Lipinski definition) is 4. The van der Waals surface area contributed by atoms with Gasteiger partial charge in [-0.25, -0.2) is 9.59 Å². The Morgan fingerprint density at radius 3 is 1.34 bits per heavy atom. The molecule has 0 spiro atoms. The standard InChI is InChI=1S/2C9H11NO2.C6H6O2/c2*1-2-12-9(11)10-8-6-4-3-5-7-8;7-5-3-1-2-4-6-8/h2*3-7H,2H2,1H3,(H,10,11);7-8H,5-6H2. The Morgan fingerprint density at radius 2 is 1.06 bits per heavy atom. The Kier molecular flexibility index (Phi) is 17.8. The molecule has 2 aromatic rings. The van der Waals surface area contributed by atoms with Crippen LogP contribution in [0.4, 0.5) is 21.0 Å². The molecule has 0 unspecified atom stereocenters. The van der Waals surface area contributed by atoms with Gasteiger partial charge in [-0.15, -0.1) is 0 Å². The van der Waals surface area contributed by atoms with Gasteiger partial charge in [0, 0.05) is 11.4 Å². The summed E-state index contributed by atoms with van der Waals surface area (Å²) in [6.45, 7) is 3.95. The highest BCUT2D eigenvalue weighted by Crippen LogP contribution is 2.05. The molecule has 2 rings (SSSR count). The van der Waals surface area contributed by atoms with Gasteiger partial charge in [0.2, 0.25) is 0 Å². The number of anilines is 2. The highest BCUT2D eigenvalue weighted by molar-refractivity contribution is 5.84. The molecule has 0 aliphatic carbocycles. The second-order valence-electron chi connectivity index (χ2n) is 5.34. The summed E-state index contributed by atoms with van der Waals surface area (Å²) in [5.41, 5.74) is 1.49. The van der Waals surface area contributed by atoms with Crippen LogP contribution >= 0.6 is 0 Å². The number of para-hydroxylation sites is 2. The molecule has 0 fully saturated rings. The van der Waals surface area contributed by atoms with Gasteiger partial charge in [-0.1, -0.05) is 48.2 Å². The van der Waals surface area contributed by atoms with Gasteiger partial charge in [-0.3, -0.25) is 10.6 Å². The molecule has 8 nitrogen and oxygen atoms in total. The van der Waals surface area contributed by atoms with Gasteiger partial charge in [0.15, 0.2) is 0 Å². The summed E-state index contributed by atoms with van der Waals surface area (Å²) in [7, 11) is 0. The number of hydrogen-bond acceptors (Lipinski definition) is 6. The van der Waals surface area contributed by atoms with Crippen LogP contribution in [0.2, 0.25) is 0 Å². The van der Waals surface area contributed by atoms with Crippen molar-refractivity contribution < 1.29 is 29.3 Å². The third-order valence-corrected chi connectivity index (χ3v) is 2.99. The molecule has 170 valence electrons. The molecule has 0 aromatic heterocycles. The van der Waals surface area contributed by atoms with Crippen LogP contribution in [0.1, 0.15) is 13.8 Å².